The van der Waals surface area contributed by atoms with E-state index >= 15 is 0 Å². The molecule has 1 heterocycles. The molecule has 3 nitrogen and oxygen atoms in total. The fourth-order valence-corrected chi connectivity index (χ4v) is 2.32. The van der Waals surface area contributed by atoms with Crippen molar-refractivity contribution in [3.8, 4) is 0 Å². The van der Waals surface area contributed by atoms with Gasteiger partial charge in [0.15, 0.2) is 0 Å². The smallest absolute Gasteiger partial charge is 0.0766 e. The summed E-state index contributed by atoms with van der Waals surface area (Å²) in [6, 6.07) is 0. The Morgan fingerprint density at radius 1 is 1.67 bits per heavy atom. The Morgan fingerprint density at radius 3 is 2.80 bits per heavy atom. The summed E-state index contributed by atoms with van der Waals surface area (Å²) in [7, 11) is 1.90. The largest absolute Gasteiger partial charge is 0.392 e. The molecule has 4 heteroatoms. The number of hydrogen-bond donors (Lipinski definition) is 1. The van der Waals surface area contributed by atoms with Crippen LogP contribution in [0.15, 0.2) is 17.1 Å². The first kappa shape index (κ1) is 12.5. The average molecular weight is 273 g/mol. The maximum Gasteiger partial charge on any atom is 0.0766 e. The normalized spacial score (nSPS) is 12.8. The molecule has 0 amide bonds. The van der Waals surface area contributed by atoms with Crippen LogP contribution in [0.1, 0.15) is 24.7 Å². The van der Waals surface area contributed by atoms with Gasteiger partial charge in [0.05, 0.1) is 22.0 Å². The molecule has 0 fully saturated rings. The molecule has 0 radical (unpaired) electrons. The lowest BCUT2D eigenvalue weighted by molar-refractivity contribution is 0.175. The van der Waals surface area contributed by atoms with Gasteiger partial charge in [-0.2, -0.15) is 5.10 Å². The molecule has 1 N–H and O–H groups in total. The van der Waals surface area contributed by atoms with Crippen LogP contribution in [-0.4, -0.2) is 21.0 Å². The Balaban J connectivity index is 2.84. The first-order chi connectivity index (χ1) is 7.10. The first-order valence-corrected chi connectivity index (χ1v) is 5.88. The summed E-state index contributed by atoms with van der Waals surface area (Å²) in [5, 5.41) is 14.1. The molecule has 1 rings (SSSR count). The van der Waals surface area contributed by atoms with Crippen LogP contribution in [0.5, 0.6) is 0 Å². The van der Waals surface area contributed by atoms with Crippen molar-refractivity contribution in [3.63, 3.8) is 0 Å². The van der Waals surface area contributed by atoms with Crippen LogP contribution in [0.3, 0.4) is 0 Å². The zero-order valence-electron chi connectivity index (χ0n) is 9.20. The summed E-state index contributed by atoms with van der Waals surface area (Å²) in [4.78, 5) is 0. The van der Waals surface area contributed by atoms with E-state index in [1.807, 2.05) is 11.7 Å². The highest BCUT2D eigenvalue weighted by Crippen LogP contribution is 2.23. The molecule has 0 saturated carbocycles. The predicted molar refractivity (Wildman–Crippen MR) is 64.8 cm³/mol. The van der Waals surface area contributed by atoms with Crippen molar-refractivity contribution in [3.05, 3.63) is 28.5 Å². The summed E-state index contributed by atoms with van der Waals surface area (Å²) in [5.74, 6) is 0. The van der Waals surface area contributed by atoms with Gasteiger partial charge in [-0.1, -0.05) is 13.0 Å². The Labute approximate surface area is 98.9 Å². The third-order valence-corrected chi connectivity index (χ3v) is 3.29. The number of aliphatic hydroxyl groups is 1. The second kappa shape index (κ2) is 5.47. The minimum absolute atomic E-state index is 0.376. The molecule has 0 aromatic carbocycles. The van der Waals surface area contributed by atoms with Crippen LogP contribution in [0.4, 0.5) is 0 Å². The van der Waals surface area contributed by atoms with Crippen molar-refractivity contribution in [2.45, 2.75) is 32.3 Å². The number of halogens is 1. The van der Waals surface area contributed by atoms with Crippen LogP contribution < -0.4 is 0 Å². The fraction of sp³-hybridized carbons (Fsp3) is 0.545. The highest BCUT2D eigenvalue weighted by Gasteiger charge is 2.15. The Morgan fingerprint density at radius 2 is 2.33 bits per heavy atom. The lowest BCUT2D eigenvalue weighted by atomic mass is 10.1. The topological polar surface area (TPSA) is 38.1 Å². The summed E-state index contributed by atoms with van der Waals surface area (Å²) in [6.07, 6.45) is 3.47. The predicted octanol–water partition coefficient (Wildman–Crippen LogP) is 2.22. The van der Waals surface area contributed by atoms with Crippen molar-refractivity contribution >= 4 is 15.9 Å². The van der Waals surface area contributed by atoms with Gasteiger partial charge < -0.3 is 5.11 Å². The van der Waals surface area contributed by atoms with Crippen molar-refractivity contribution in [1.29, 1.82) is 0 Å². The fourth-order valence-electron chi connectivity index (χ4n) is 1.54. The van der Waals surface area contributed by atoms with E-state index in [2.05, 4.69) is 34.5 Å². The zero-order valence-corrected chi connectivity index (χ0v) is 10.8. The average Bonchev–Trinajstić information content (AvgIpc) is 2.45. The lowest BCUT2D eigenvalue weighted by Gasteiger charge is -2.08. The highest BCUT2D eigenvalue weighted by molar-refractivity contribution is 9.10. The maximum absolute atomic E-state index is 9.70. The molecule has 1 aromatic rings. The molecule has 0 bridgehead atoms. The van der Waals surface area contributed by atoms with Gasteiger partial charge in [-0.25, -0.2) is 0 Å². The molecule has 0 spiro atoms. The van der Waals surface area contributed by atoms with Gasteiger partial charge in [-0.05, 0) is 28.8 Å². The van der Waals surface area contributed by atoms with E-state index in [1.54, 1.807) is 6.08 Å². The van der Waals surface area contributed by atoms with Crippen molar-refractivity contribution in [2.75, 3.05) is 0 Å². The lowest BCUT2D eigenvalue weighted by Crippen LogP contribution is -2.12. The van der Waals surface area contributed by atoms with Crippen LogP contribution in [0.2, 0.25) is 0 Å². The summed E-state index contributed by atoms with van der Waals surface area (Å²) >= 11 is 3.52. The van der Waals surface area contributed by atoms with E-state index in [0.717, 1.165) is 22.3 Å². The second-order valence-electron chi connectivity index (χ2n) is 3.57. The number of aromatic nitrogens is 2. The quantitative estimate of drug-likeness (QED) is 0.835. The minimum Gasteiger partial charge on any atom is -0.392 e. The van der Waals surface area contributed by atoms with Crippen LogP contribution in [0.25, 0.3) is 0 Å². The van der Waals surface area contributed by atoms with E-state index in [1.165, 1.54) is 0 Å². The molecule has 0 saturated heterocycles. The van der Waals surface area contributed by atoms with Crippen molar-refractivity contribution in [1.82, 2.24) is 9.78 Å². The zero-order chi connectivity index (χ0) is 11.4. The van der Waals surface area contributed by atoms with Crippen LogP contribution >= 0.6 is 15.9 Å². The number of hydrogen-bond acceptors (Lipinski definition) is 2. The number of nitrogens with zero attached hydrogens (tertiary/aromatic N) is 2. The maximum atomic E-state index is 9.70. The SMILES string of the molecule is C=CCC(O)Cc1c(Br)c(CC)nn1C. The van der Waals surface area contributed by atoms with Crippen molar-refractivity contribution < 1.29 is 5.11 Å². The van der Waals surface area contributed by atoms with E-state index in [9.17, 15) is 5.11 Å². The van der Waals surface area contributed by atoms with Gasteiger partial charge in [0.2, 0.25) is 0 Å². The molecular formula is C11H17BrN2O. The Hall–Kier alpha value is -0.610. The molecule has 0 aliphatic rings. The third-order valence-electron chi connectivity index (χ3n) is 2.37. The molecule has 0 aliphatic heterocycles. The molecule has 0 aliphatic carbocycles. The summed E-state index contributed by atoms with van der Waals surface area (Å²) in [5.41, 5.74) is 2.08. The van der Waals surface area contributed by atoms with Crippen LogP contribution in [-0.2, 0) is 19.9 Å². The molecule has 1 atom stereocenters. The van der Waals surface area contributed by atoms with Gasteiger partial charge in [0.1, 0.15) is 0 Å². The summed E-state index contributed by atoms with van der Waals surface area (Å²) < 4.78 is 2.85. The standard InChI is InChI=1S/C11H17BrN2O/c1-4-6-8(15)7-10-11(12)9(5-2)13-14(10)3/h4,8,15H,1,5-7H2,2-3H3. The first-order valence-electron chi connectivity index (χ1n) is 5.09. The monoisotopic (exact) mass is 272 g/mol. The summed E-state index contributed by atoms with van der Waals surface area (Å²) in [6.45, 7) is 5.68. The van der Waals surface area contributed by atoms with Crippen LogP contribution in [0, 0.1) is 0 Å². The number of aryl methyl sites for hydroxylation is 2. The van der Waals surface area contributed by atoms with Gasteiger partial charge in [0.25, 0.3) is 0 Å². The molecule has 1 unspecified atom stereocenters. The number of aliphatic hydroxyl groups excluding tert-OH is 1. The molecular weight excluding hydrogens is 256 g/mol. The van der Waals surface area contributed by atoms with E-state index < -0.39 is 0 Å². The van der Waals surface area contributed by atoms with E-state index in [4.69, 9.17) is 0 Å². The van der Waals surface area contributed by atoms with E-state index in [0.29, 0.717) is 12.8 Å². The molecule has 84 valence electrons. The van der Waals surface area contributed by atoms with Gasteiger partial charge >= 0.3 is 0 Å². The molecule has 1 aromatic heterocycles. The van der Waals surface area contributed by atoms with E-state index in [-0.39, 0.29) is 6.10 Å². The van der Waals surface area contributed by atoms with Crippen molar-refractivity contribution in [2.24, 2.45) is 7.05 Å². The third kappa shape index (κ3) is 2.92. The second-order valence-corrected chi connectivity index (χ2v) is 4.36. The minimum atomic E-state index is -0.376. The van der Waals surface area contributed by atoms with Gasteiger partial charge in [-0.15, -0.1) is 6.58 Å². The Bertz CT molecular complexity index is 347. The van der Waals surface area contributed by atoms with Gasteiger partial charge in [0, 0.05) is 13.5 Å². The van der Waals surface area contributed by atoms with Gasteiger partial charge in [-0.3, -0.25) is 4.68 Å². The molecule has 15 heavy (non-hydrogen) atoms. The highest BCUT2D eigenvalue weighted by atomic mass is 79.9. The number of rotatable bonds is 5. The Kier molecular flexibility index (Phi) is 4.54.